The molecule has 2 aromatic rings. The first-order chi connectivity index (χ1) is 7.65. The second kappa shape index (κ2) is 5.38. The van der Waals surface area contributed by atoms with Gasteiger partial charge in [-0.2, -0.15) is 0 Å². The van der Waals surface area contributed by atoms with Crippen LogP contribution in [0.3, 0.4) is 0 Å². The van der Waals surface area contributed by atoms with Gasteiger partial charge in [-0.1, -0.05) is 0 Å². The van der Waals surface area contributed by atoms with Crippen molar-refractivity contribution in [2.75, 3.05) is 0 Å². The summed E-state index contributed by atoms with van der Waals surface area (Å²) in [6.07, 6.45) is 0. The molecule has 0 spiro atoms. The summed E-state index contributed by atoms with van der Waals surface area (Å²) in [5.41, 5.74) is 0.995. The molecular weight excluding hydrogens is 306 g/mol. The number of nitrogens with zero attached hydrogens (tertiary/aromatic N) is 1. The minimum atomic E-state index is 0.829. The summed E-state index contributed by atoms with van der Waals surface area (Å²) >= 11 is 7.06. The predicted octanol–water partition coefficient (Wildman–Crippen LogP) is 4.55. The highest BCUT2D eigenvalue weighted by Crippen LogP contribution is 2.27. The molecule has 0 atom stereocenters. The molecule has 0 saturated heterocycles. The summed E-state index contributed by atoms with van der Waals surface area (Å²) in [5.74, 6) is 3.60. The van der Waals surface area contributed by atoms with Crippen molar-refractivity contribution in [1.82, 2.24) is 4.98 Å². The Morgan fingerprint density at radius 1 is 1.38 bits per heavy atom. The van der Waals surface area contributed by atoms with Crippen LogP contribution in [0, 0.1) is 13.8 Å². The van der Waals surface area contributed by atoms with E-state index in [0.29, 0.717) is 0 Å². The van der Waals surface area contributed by atoms with Gasteiger partial charge in [0.15, 0.2) is 0 Å². The Balaban J connectivity index is 1.84. The van der Waals surface area contributed by atoms with E-state index in [1.807, 2.05) is 25.6 Å². The maximum absolute atomic E-state index is 5.52. The summed E-state index contributed by atoms with van der Waals surface area (Å²) in [7, 11) is 0. The zero-order valence-corrected chi connectivity index (χ0v) is 12.3. The second-order valence-electron chi connectivity index (χ2n) is 3.45. The smallest absolute Gasteiger partial charge is 0.204 e. The lowest BCUT2D eigenvalue weighted by Gasteiger charge is -1.95. The van der Waals surface area contributed by atoms with Crippen molar-refractivity contribution in [1.29, 1.82) is 0 Å². The lowest BCUT2D eigenvalue weighted by atomic mass is 10.4. The third-order valence-corrected chi connectivity index (χ3v) is 4.94. The van der Waals surface area contributed by atoms with Gasteiger partial charge in [0.05, 0.1) is 15.2 Å². The summed E-state index contributed by atoms with van der Waals surface area (Å²) in [6.45, 7) is 3.93. The first-order valence-electron chi connectivity index (χ1n) is 4.90. The topological polar surface area (TPSA) is 26.0 Å². The summed E-state index contributed by atoms with van der Waals surface area (Å²) in [5, 5.41) is 0. The van der Waals surface area contributed by atoms with Gasteiger partial charge in [-0.25, -0.2) is 4.98 Å². The van der Waals surface area contributed by atoms with Crippen LogP contribution in [0.1, 0.15) is 22.2 Å². The number of rotatable bonds is 4. The van der Waals surface area contributed by atoms with Crippen LogP contribution in [0.2, 0.25) is 0 Å². The Hall–Kier alpha value is -0.260. The molecule has 2 rings (SSSR count). The van der Waals surface area contributed by atoms with Gasteiger partial charge in [0.25, 0.3) is 0 Å². The molecule has 0 radical (unpaired) electrons. The van der Waals surface area contributed by atoms with E-state index in [1.165, 1.54) is 8.66 Å². The van der Waals surface area contributed by atoms with Crippen LogP contribution < -0.4 is 0 Å². The third kappa shape index (κ3) is 3.12. The highest BCUT2D eigenvalue weighted by molar-refractivity contribution is 9.11. The standard InChI is InChI=1S/C11H12BrNOS2/c1-7-8(2)14-11(13-7)6-15-5-9-3-4-10(12)16-9/h3-4H,5-6H2,1-2H3. The molecule has 0 aromatic carbocycles. The molecule has 0 saturated carbocycles. The van der Waals surface area contributed by atoms with Gasteiger partial charge in [-0.3, -0.25) is 0 Å². The quantitative estimate of drug-likeness (QED) is 0.827. The van der Waals surface area contributed by atoms with E-state index in [0.717, 1.165) is 28.9 Å². The summed E-state index contributed by atoms with van der Waals surface area (Å²) in [6, 6.07) is 4.23. The minimum absolute atomic E-state index is 0.829. The third-order valence-electron chi connectivity index (χ3n) is 2.17. The van der Waals surface area contributed by atoms with Gasteiger partial charge in [0.1, 0.15) is 5.76 Å². The molecule has 0 aliphatic heterocycles. The van der Waals surface area contributed by atoms with E-state index in [2.05, 4.69) is 33.0 Å². The van der Waals surface area contributed by atoms with Gasteiger partial charge in [-0.15, -0.1) is 23.1 Å². The molecule has 2 aromatic heterocycles. The van der Waals surface area contributed by atoms with Crippen molar-refractivity contribution < 1.29 is 4.42 Å². The van der Waals surface area contributed by atoms with E-state index in [1.54, 1.807) is 11.3 Å². The fourth-order valence-corrected chi connectivity index (χ4v) is 3.73. The SMILES string of the molecule is Cc1nc(CSCc2ccc(Br)s2)oc1C. The number of hydrogen-bond acceptors (Lipinski definition) is 4. The number of thiophene rings is 1. The molecule has 0 aliphatic rings. The predicted molar refractivity (Wildman–Crippen MR) is 73.0 cm³/mol. The fourth-order valence-electron chi connectivity index (χ4n) is 1.27. The van der Waals surface area contributed by atoms with Crippen LogP contribution in [0.15, 0.2) is 20.3 Å². The molecule has 0 bridgehead atoms. The fraction of sp³-hybridized carbons (Fsp3) is 0.364. The van der Waals surface area contributed by atoms with Crippen molar-refractivity contribution in [3.63, 3.8) is 0 Å². The number of aromatic nitrogens is 1. The highest BCUT2D eigenvalue weighted by Gasteiger charge is 2.05. The van der Waals surface area contributed by atoms with E-state index in [4.69, 9.17) is 4.42 Å². The van der Waals surface area contributed by atoms with Crippen LogP contribution in [0.4, 0.5) is 0 Å². The Bertz CT molecular complexity index is 459. The zero-order chi connectivity index (χ0) is 11.5. The van der Waals surface area contributed by atoms with Crippen LogP contribution in [0.25, 0.3) is 0 Å². The van der Waals surface area contributed by atoms with Crippen LogP contribution >= 0.6 is 39.0 Å². The molecule has 2 nitrogen and oxygen atoms in total. The Morgan fingerprint density at radius 2 is 2.19 bits per heavy atom. The van der Waals surface area contributed by atoms with E-state index >= 15 is 0 Å². The molecule has 0 unspecified atom stereocenters. The normalized spacial score (nSPS) is 10.9. The lowest BCUT2D eigenvalue weighted by Crippen LogP contribution is -1.81. The van der Waals surface area contributed by atoms with Crippen LogP contribution in [-0.2, 0) is 11.5 Å². The molecular formula is C11H12BrNOS2. The molecule has 0 aliphatic carbocycles. The molecule has 86 valence electrons. The van der Waals surface area contributed by atoms with Crippen molar-refractivity contribution in [3.05, 3.63) is 38.1 Å². The van der Waals surface area contributed by atoms with E-state index < -0.39 is 0 Å². The number of hydrogen-bond donors (Lipinski definition) is 0. The molecule has 0 amide bonds. The molecule has 16 heavy (non-hydrogen) atoms. The first kappa shape index (κ1) is 12.2. The first-order valence-corrected chi connectivity index (χ1v) is 7.66. The Kier molecular flexibility index (Phi) is 4.10. The van der Waals surface area contributed by atoms with Gasteiger partial charge in [0, 0.05) is 10.6 Å². The Morgan fingerprint density at radius 3 is 2.75 bits per heavy atom. The number of thioether (sulfide) groups is 1. The molecule has 0 N–H and O–H groups in total. The number of oxazole rings is 1. The van der Waals surface area contributed by atoms with Crippen molar-refractivity contribution in [2.24, 2.45) is 0 Å². The monoisotopic (exact) mass is 317 g/mol. The number of aryl methyl sites for hydroxylation is 2. The molecule has 0 fully saturated rings. The van der Waals surface area contributed by atoms with Gasteiger partial charge >= 0.3 is 0 Å². The Labute approximate surface area is 112 Å². The summed E-state index contributed by atoms with van der Waals surface area (Å²) in [4.78, 5) is 5.73. The highest BCUT2D eigenvalue weighted by atomic mass is 79.9. The average Bonchev–Trinajstić information content (AvgIpc) is 2.75. The van der Waals surface area contributed by atoms with E-state index in [9.17, 15) is 0 Å². The van der Waals surface area contributed by atoms with Gasteiger partial charge in [-0.05, 0) is 41.9 Å². The minimum Gasteiger partial charge on any atom is -0.445 e. The molecule has 5 heteroatoms. The largest absolute Gasteiger partial charge is 0.445 e. The van der Waals surface area contributed by atoms with Crippen molar-refractivity contribution in [3.8, 4) is 0 Å². The summed E-state index contributed by atoms with van der Waals surface area (Å²) < 4.78 is 6.71. The lowest BCUT2D eigenvalue weighted by molar-refractivity contribution is 0.489. The van der Waals surface area contributed by atoms with Crippen LogP contribution in [-0.4, -0.2) is 4.98 Å². The number of halogens is 1. The maximum atomic E-state index is 5.52. The van der Waals surface area contributed by atoms with Gasteiger partial charge in [0.2, 0.25) is 5.89 Å². The zero-order valence-electron chi connectivity index (χ0n) is 9.12. The van der Waals surface area contributed by atoms with Crippen LogP contribution in [0.5, 0.6) is 0 Å². The molecule has 2 heterocycles. The van der Waals surface area contributed by atoms with Crippen molar-refractivity contribution >= 4 is 39.0 Å². The second-order valence-corrected chi connectivity index (χ2v) is 6.98. The van der Waals surface area contributed by atoms with E-state index in [-0.39, 0.29) is 0 Å². The average molecular weight is 318 g/mol. The maximum Gasteiger partial charge on any atom is 0.204 e. The van der Waals surface area contributed by atoms with Crippen molar-refractivity contribution in [2.45, 2.75) is 25.4 Å². The van der Waals surface area contributed by atoms with Gasteiger partial charge < -0.3 is 4.42 Å².